The van der Waals surface area contributed by atoms with Gasteiger partial charge in [-0.25, -0.2) is 9.78 Å². The Morgan fingerprint density at radius 1 is 1.14 bits per heavy atom. The number of carbonyl (C=O) groups excluding carboxylic acids is 1. The van der Waals surface area contributed by atoms with Gasteiger partial charge in [0.2, 0.25) is 0 Å². The summed E-state index contributed by atoms with van der Waals surface area (Å²) in [4.78, 5) is 42.1. The van der Waals surface area contributed by atoms with Crippen LogP contribution in [0.25, 0.3) is 11.0 Å². The molecule has 0 amide bonds. The molecule has 0 N–H and O–H groups in total. The summed E-state index contributed by atoms with van der Waals surface area (Å²) in [6.45, 7) is 2.15. The fraction of sp³-hybridized carbons (Fsp3) is 0.300. The predicted molar refractivity (Wildman–Crippen MR) is 109 cm³/mol. The van der Waals surface area contributed by atoms with Gasteiger partial charge in [0.15, 0.2) is 0 Å². The van der Waals surface area contributed by atoms with E-state index in [1.54, 1.807) is 13.2 Å². The minimum atomic E-state index is -0.438. The second-order valence-electron chi connectivity index (χ2n) is 6.31. The maximum atomic E-state index is 12.7. The second-order valence-corrected chi connectivity index (χ2v) is 7.29. The van der Waals surface area contributed by atoms with Crippen molar-refractivity contribution in [3.05, 3.63) is 68.5 Å². The van der Waals surface area contributed by atoms with Gasteiger partial charge in [-0.15, -0.1) is 11.8 Å². The number of ether oxygens (including phenoxy) is 1. The molecule has 0 aliphatic rings. The fourth-order valence-electron chi connectivity index (χ4n) is 2.87. The Morgan fingerprint density at radius 3 is 2.54 bits per heavy atom. The van der Waals surface area contributed by atoms with Gasteiger partial charge in [-0.1, -0.05) is 37.3 Å². The molecule has 7 nitrogen and oxygen atoms in total. The molecule has 8 heteroatoms. The lowest BCUT2D eigenvalue weighted by Gasteiger charge is -2.13. The Bertz CT molecular complexity index is 1140. The van der Waals surface area contributed by atoms with Gasteiger partial charge in [-0.2, -0.15) is 0 Å². The molecule has 0 saturated carbocycles. The molecule has 0 atom stereocenters. The summed E-state index contributed by atoms with van der Waals surface area (Å²) in [7, 11) is 3.01. The van der Waals surface area contributed by atoms with Crippen LogP contribution in [0, 0.1) is 0 Å². The number of pyridine rings is 1. The Kier molecular flexibility index (Phi) is 5.99. The average molecular weight is 399 g/mol. The lowest BCUT2D eigenvalue weighted by Crippen LogP contribution is -2.37. The molecule has 0 spiro atoms. The largest absolute Gasteiger partial charge is 0.460 e. The van der Waals surface area contributed by atoms with E-state index in [2.05, 4.69) is 4.98 Å². The van der Waals surface area contributed by atoms with Gasteiger partial charge in [0.05, 0.1) is 11.1 Å². The van der Waals surface area contributed by atoms with Crippen molar-refractivity contribution in [1.29, 1.82) is 0 Å². The van der Waals surface area contributed by atoms with Gasteiger partial charge in [0.1, 0.15) is 12.3 Å². The number of aromatic nitrogens is 3. The van der Waals surface area contributed by atoms with Crippen LogP contribution < -0.4 is 11.2 Å². The monoisotopic (exact) mass is 399 g/mol. The summed E-state index contributed by atoms with van der Waals surface area (Å²) in [5.74, 6) is -0.312. The van der Waals surface area contributed by atoms with Crippen molar-refractivity contribution in [2.45, 2.75) is 24.8 Å². The molecule has 0 aliphatic heterocycles. The predicted octanol–water partition coefficient (Wildman–Crippen LogP) is 2.03. The van der Waals surface area contributed by atoms with E-state index in [9.17, 15) is 14.4 Å². The molecule has 3 rings (SSSR count). The molecular weight excluding hydrogens is 378 g/mol. The molecule has 2 aromatic heterocycles. The van der Waals surface area contributed by atoms with Gasteiger partial charge < -0.3 is 4.74 Å². The normalized spacial score (nSPS) is 11.0. The zero-order valence-corrected chi connectivity index (χ0v) is 16.8. The zero-order chi connectivity index (χ0) is 20.3. The third-order valence-electron chi connectivity index (χ3n) is 4.45. The number of nitrogens with zero attached hydrogens (tertiary/aromatic N) is 3. The molecule has 0 unspecified atom stereocenters. The summed E-state index contributed by atoms with van der Waals surface area (Å²) in [5, 5.41) is 0.352. The van der Waals surface area contributed by atoms with E-state index >= 15 is 0 Å². The van der Waals surface area contributed by atoms with E-state index in [4.69, 9.17) is 4.74 Å². The van der Waals surface area contributed by atoms with Crippen LogP contribution in [0.15, 0.2) is 51.0 Å². The molecule has 0 aliphatic carbocycles. The standard InChI is InChI=1S/C20H21N3O4S/c1-4-14-10-21-18-16(19(25)23(3)20(26)22(18)2)17(14)28-12-15(24)27-11-13-8-6-5-7-9-13/h5-10H,4,11-12H2,1-3H3. The first-order valence-corrected chi connectivity index (χ1v) is 9.82. The first-order valence-electron chi connectivity index (χ1n) is 8.84. The summed E-state index contributed by atoms with van der Waals surface area (Å²) in [6.07, 6.45) is 2.30. The Balaban J connectivity index is 1.88. The molecule has 0 saturated heterocycles. The van der Waals surface area contributed by atoms with Gasteiger partial charge in [0, 0.05) is 25.2 Å². The SMILES string of the molecule is CCc1cnc2c(c1SCC(=O)OCc1ccccc1)c(=O)n(C)c(=O)n2C. The van der Waals surface area contributed by atoms with Crippen molar-refractivity contribution in [2.24, 2.45) is 14.1 Å². The van der Waals surface area contributed by atoms with Crippen LogP contribution in [-0.2, 0) is 36.7 Å². The Labute approximate surface area is 166 Å². The van der Waals surface area contributed by atoms with Crippen LogP contribution in [0.4, 0.5) is 0 Å². The quantitative estimate of drug-likeness (QED) is 0.466. The first-order chi connectivity index (χ1) is 13.4. The minimum absolute atomic E-state index is 0.0605. The average Bonchev–Trinajstić information content (AvgIpc) is 2.73. The van der Waals surface area contributed by atoms with Crippen LogP contribution in [0.5, 0.6) is 0 Å². The highest BCUT2D eigenvalue weighted by Gasteiger charge is 2.18. The second kappa shape index (κ2) is 8.43. The summed E-state index contributed by atoms with van der Waals surface area (Å²) < 4.78 is 7.72. The fourth-order valence-corrected chi connectivity index (χ4v) is 3.92. The minimum Gasteiger partial charge on any atom is -0.460 e. The van der Waals surface area contributed by atoms with E-state index in [1.165, 1.54) is 23.4 Å². The van der Waals surface area contributed by atoms with Crippen LogP contribution in [-0.4, -0.2) is 25.8 Å². The van der Waals surface area contributed by atoms with Crippen molar-refractivity contribution in [3.63, 3.8) is 0 Å². The number of benzene rings is 1. The van der Waals surface area contributed by atoms with E-state index in [1.807, 2.05) is 37.3 Å². The summed E-state index contributed by atoms with van der Waals surface area (Å²) in [6, 6.07) is 9.44. The Hall–Kier alpha value is -2.87. The number of esters is 1. The molecule has 3 aromatic rings. The lowest BCUT2D eigenvalue weighted by molar-refractivity contribution is -0.141. The molecule has 0 fully saturated rings. The van der Waals surface area contributed by atoms with Gasteiger partial charge in [0.25, 0.3) is 5.56 Å². The highest BCUT2D eigenvalue weighted by atomic mass is 32.2. The third kappa shape index (κ3) is 3.87. The maximum Gasteiger partial charge on any atom is 0.332 e. The molecule has 146 valence electrons. The molecule has 2 heterocycles. The molecule has 28 heavy (non-hydrogen) atoms. The van der Waals surface area contributed by atoms with Crippen molar-refractivity contribution in [1.82, 2.24) is 14.1 Å². The van der Waals surface area contributed by atoms with Crippen LogP contribution in [0.3, 0.4) is 0 Å². The number of thioether (sulfide) groups is 1. The number of fused-ring (bicyclic) bond motifs is 1. The van der Waals surface area contributed by atoms with Gasteiger partial charge in [-0.05, 0) is 17.5 Å². The highest BCUT2D eigenvalue weighted by Crippen LogP contribution is 2.28. The van der Waals surface area contributed by atoms with E-state index < -0.39 is 11.2 Å². The molecule has 1 aromatic carbocycles. The van der Waals surface area contributed by atoms with Crippen LogP contribution in [0.1, 0.15) is 18.1 Å². The van der Waals surface area contributed by atoms with Crippen molar-refractivity contribution in [3.8, 4) is 0 Å². The van der Waals surface area contributed by atoms with Crippen LogP contribution >= 0.6 is 11.8 Å². The number of rotatable bonds is 6. The lowest BCUT2D eigenvalue weighted by atomic mass is 10.2. The van der Waals surface area contributed by atoms with E-state index in [0.717, 1.165) is 15.7 Å². The van der Waals surface area contributed by atoms with Gasteiger partial charge >= 0.3 is 11.7 Å². The van der Waals surface area contributed by atoms with Crippen molar-refractivity contribution >= 4 is 28.8 Å². The van der Waals surface area contributed by atoms with Crippen molar-refractivity contribution in [2.75, 3.05) is 5.75 Å². The highest BCUT2D eigenvalue weighted by molar-refractivity contribution is 8.00. The number of carbonyl (C=O) groups is 1. The molecule has 0 bridgehead atoms. The number of hydrogen-bond donors (Lipinski definition) is 0. The third-order valence-corrected chi connectivity index (χ3v) is 5.59. The zero-order valence-electron chi connectivity index (χ0n) is 16.0. The molecule has 0 radical (unpaired) electrons. The summed E-state index contributed by atoms with van der Waals surface area (Å²) >= 11 is 1.24. The van der Waals surface area contributed by atoms with E-state index in [0.29, 0.717) is 22.3 Å². The van der Waals surface area contributed by atoms with Crippen molar-refractivity contribution < 1.29 is 9.53 Å². The Morgan fingerprint density at radius 2 is 1.86 bits per heavy atom. The number of aryl methyl sites for hydroxylation is 2. The first kappa shape index (κ1) is 19.9. The summed E-state index contributed by atoms with van der Waals surface area (Å²) in [5.41, 5.74) is 1.22. The van der Waals surface area contributed by atoms with Gasteiger partial charge in [-0.3, -0.25) is 18.7 Å². The molecular formula is C20H21N3O4S. The number of hydrogen-bond acceptors (Lipinski definition) is 6. The van der Waals surface area contributed by atoms with E-state index in [-0.39, 0.29) is 18.3 Å². The van der Waals surface area contributed by atoms with Crippen LogP contribution in [0.2, 0.25) is 0 Å². The smallest absolute Gasteiger partial charge is 0.332 e. The maximum absolute atomic E-state index is 12.7. The topological polar surface area (TPSA) is 83.2 Å².